The predicted molar refractivity (Wildman–Crippen MR) is 95.5 cm³/mol. The van der Waals surface area contributed by atoms with Crippen molar-refractivity contribution >= 4 is 39.1 Å². The third-order valence-corrected chi connectivity index (χ3v) is 4.85. The summed E-state index contributed by atoms with van der Waals surface area (Å²) in [4.78, 5) is 0. The smallest absolute Gasteiger partial charge is 0.0483 e. The molecule has 0 amide bonds. The van der Waals surface area contributed by atoms with Gasteiger partial charge in [-0.1, -0.05) is 70.3 Å². The van der Waals surface area contributed by atoms with Gasteiger partial charge in [0, 0.05) is 20.6 Å². The molecule has 1 nitrogen and oxygen atoms in total. The minimum Gasteiger partial charge on any atom is -0.310 e. The topological polar surface area (TPSA) is 12.0 Å². The largest absolute Gasteiger partial charge is 0.310 e. The molecule has 0 aliphatic rings. The minimum atomic E-state index is 0.154. The maximum atomic E-state index is 6.47. The van der Waals surface area contributed by atoms with Gasteiger partial charge in [-0.15, -0.1) is 0 Å². The van der Waals surface area contributed by atoms with Gasteiger partial charge in [0.15, 0.2) is 0 Å². The Morgan fingerprint density at radius 2 is 1.95 bits per heavy atom. The summed E-state index contributed by atoms with van der Waals surface area (Å²) >= 11 is 16.3. The molecular weight excluding hydrogens is 369 g/mol. The number of benzene rings is 2. The third-order valence-electron chi connectivity index (χ3n) is 3.49. The van der Waals surface area contributed by atoms with Gasteiger partial charge in [-0.25, -0.2) is 0 Å². The summed E-state index contributed by atoms with van der Waals surface area (Å²) in [6.45, 7) is 5.00. The summed E-state index contributed by atoms with van der Waals surface area (Å²) in [5.41, 5.74) is 3.33. The average Bonchev–Trinajstić information content (AvgIpc) is 2.44. The van der Waals surface area contributed by atoms with E-state index in [-0.39, 0.29) is 6.04 Å². The molecule has 2 aromatic carbocycles. The number of rotatable bonds is 5. The maximum Gasteiger partial charge on any atom is 0.0483 e. The Labute approximate surface area is 144 Å². The molecule has 2 rings (SSSR count). The van der Waals surface area contributed by atoms with Crippen LogP contribution < -0.4 is 5.32 Å². The number of hydrogen-bond donors (Lipinski definition) is 1. The summed E-state index contributed by atoms with van der Waals surface area (Å²) in [6, 6.07) is 12.3. The van der Waals surface area contributed by atoms with Crippen LogP contribution in [-0.2, 0) is 6.42 Å². The molecule has 0 aromatic heterocycles. The van der Waals surface area contributed by atoms with Gasteiger partial charge < -0.3 is 5.32 Å². The van der Waals surface area contributed by atoms with Crippen LogP contribution >= 0.6 is 39.1 Å². The lowest BCUT2D eigenvalue weighted by molar-refractivity contribution is 0.550. The van der Waals surface area contributed by atoms with Crippen LogP contribution in [0.15, 0.2) is 40.9 Å². The van der Waals surface area contributed by atoms with E-state index < -0.39 is 0 Å². The van der Waals surface area contributed by atoms with E-state index in [1.54, 1.807) is 0 Å². The van der Waals surface area contributed by atoms with Crippen LogP contribution in [0.1, 0.15) is 29.7 Å². The van der Waals surface area contributed by atoms with Crippen LogP contribution in [-0.4, -0.2) is 6.54 Å². The van der Waals surface area contributed by atoms with E-state index >= 15 is 0 Å². The summed E-state index contributed by atoms with van der Waals surface area (Å²) < 4.78 is 0.991. The zero-order valence-corrected chi connectivity index (χ0v) is 15.2. The summed E-state index contributed by atoms with van der Waals surface area (Å²) in [5.74, 6) is 0. The lowest BCUT2D eigenvalue weighted by atomic mass is 9.97. The van der Waals surface area contributed by atoms with Gasteiger partial charge in [-0.2, -0.15) is 0 Å². The highest BCUT2D eigenvalue weighted by Crippen LogP contribution is 2.31. The Morgan fingerprint density at radius 3 is 2.62 bits per heavy atom. The molecule has 0 bridgehead atoms. The lowest BCUT2D eigenvalue weighted by Crippen LogP contribution is -2.23. The fourth-order valence-corrected chi connectivity index (χ4v) is 3.39. The van der Waals surface area contributed by atoms with E-state index in [1.165, 1.54) is 0 Å². The van der Waals surface area contributed by atoms with Gasteiger partial charge in [0.25, 0.3) is 0 Å². The molecule has 1 atom stereocenters. The van der Waals surface area contributed by atoms with E-state index in [0.717, 1.165) is 44.2 Å². The molecule has 0 saturated heterocycles. The highest BCUT2D eigenvalue weighted by Gasteiger charge is 2.16. The highest BCUT2D eigenvalue weighted by atomic mass is 79.9. The van der Waals surface area contributed by atoms with Crippen LogP contribution in [0, 0.1) is 6.92 Å². The molecule has 21 heavy (non-hydrogen) atoms. The molecular formula is C17H18BrCl2N. The molecule has 0 radical (unpaired) electrons. The second kappa shape index (κ2) is 7.64. The first-order valence-corrected chi connectivity index (χ1v) is 8.50. The molecule has 0 fully saturated rings. The van der Waals surface area contributed by atoms with Crippen molar-refractivity contribution in [1.29, 1.82) is 0 Å². The second-order valence-electron chi connectivity index (χ2n) is 5.03. The van der Waals surface area contributed by atoms with Gasteiger partial charge in [0.1, 0.15) is 0 Å². The van der Waals surface area contributed by atoms with Crippen LogP contribution in [0.25, 0.3) is 0 Å². The van der Waals surface area contributed by atoms with Gasteiger partial charge in [0.2, 0.25) is 0 Å². The van der Waals surface area contributed by atoms with E-state index in [2.05, 4.69) is 40.3 Å². The molecule has 0 spiro atoms. The van der Waals surface area contributed by atoms with Gasteiger partial charge in [0.05, 0.1) is 0 Å². The molecule has 1 N–H and O–H groups in total. The first-order chi connectivity index (χ1) is 10.0. The molecule has 112 valence electrons. The highest BCUT2D eigenvalue weighted by molar-refractivity contribution is 9.10. The van der Waals surface area contributed by atoms with E-state index in [9.17, 15) is 0 Å². The lowest BCUT2D eigenvalue weighted by Gasteiger charge is -2.21. The number of halogens is 3. The average molecular weight is 387 g/mol. The normalized spacial score (nSPS) is 12.4. The van der Waals surface area contributed by atoms with Crippen molar-refractivity contribution < 1.29 is 0 Å². The van der Waals surface area contributed by atoms with Crippen LogP contribution in [0.4, 0.5) is 0 Å². The fourth-order valence-electron chi connectivity index (χ4n) is 2.38. The quantitative estimate of drug-likeness (QED) is 0.668. The predicted octanol–water partition coefficient (Wildman–Crippen LogP) is 5.96. The van der Waals surface area contributed by atoms with Crippen LogP contribution in [0.5, 0.6) is 0 Å². The Balaban J connectivity index is 2.33. The van der Waals surface area contributed by atoms with Gasteiger partial charge >= 0.3 is 0 Å². The number of nitrogens with one attached hydrogen (secondary N) is 1. The van der Waals surface area contributed by atoms with Crippen LogP contribution in [0.3, 0.4) is 0 Å². The molecule has 4 heteroatoms. The zero-order valence-electron chi connectivity index (χ0n) is 12.1. The van der Waals surface area contributed by atoms with Crippen LogP contribution in [0.2, 0.25) is 10.0 Å². The molecule has 0 aliphatic heterocycles. The molecule has 1 unspecified atom stereocenters. The minimum absolute atomic E-state index is 0.154. The fraction of sp³-hybridized carbons (Fsp3) is 0.294. The molecule has 2 aromatic rings. The molecule has 0 heterocycles. The van der Waals surface area contributed by atoms with E-state index in [4.69, 9.17) is 23.2 Å². The van der Waals surface area contributed by atoms with Gasteiger partial charge in [-0.3, -0.25) is 0 Å². The zero-order chi connectivity index (χ0) is 15.4. The molecule has 0 saturated carbocycles. The first-order valence-electron chi connectivity index (χ1n) is 6.95. The Kier molecular flexibility index (Phi) is 6.12. The van der Waals surface area contributed by atoms with Gasteiger partial charge in [-0.05, 0) is 48.7 Å². The SMILES string of the molecule is CCNC(Cc1ccc(Br)cc1Cl)c1cccc(C)c1Cl. The monoisotopic (exact) mass is 385 g/mol. The summed E-state index contributed by atoms with van der Waals surface area (Å²) in [7, 11) is 0. The maximum absolute atomic E-state index is 6.47. The Morgan fingerprint density at radius 1 is 1.19 bits per heavy atom. The summed E-state index contributed by atoms with van der Waals surface area (Å²) in [6.07, 6.45) is 0.809. The first kappa shape index (κ1) is 16.8. The van der Waals surface area contributed by atoms with Crippen molar-refractivity contribution in [3.05, 3.63) is 67.6 Å². The second-order valence-corrected chi connectivity index (χ2v) is 6.73. The third kappa shape index (κ3) is 4.23. The van der Waals surface area contributed by atoms with Crippen molar-refractivity contribution in [3.8, 4) is 0 Å². The number of likely N-dealkylation sites (N-methyl/N-ethyl adjacent to an activating group) is 1. The Hall–Kier alpha value is -0.540. The summed E-state index contributed by atoms with van der Waals surface area (Å²) in [5, 5.41) is 5.11. The Bertz CT molecular complexity index is 628. The van der Waals surface area contributed by atoms with E-state index in [1.807, 2.05) is 31.2 Å². The number of hydrogen-bond acceptors (Lipinski definition) is 1. The van der Waals surface area contributed by atoms with Crippen molar-refractivity contribution in [2.75, 3.05) is 6.54 Å². The van der Waals surface area contributed by atoms with Crippen molar-refractivity contribution in [2.45, 2.75) is 26.3 Å². The number of aryl methyl sites for hydroxylation is 1. The van der Waals surface area contributed by atoms with Crippen molar-refractivity contribution in [3.63, 3.8) is 0 Å². The van der Waals surface area contributed by atoms with Crippen molar-refractivity contribution in [1.82, 2.24) is 5.32 Å². The standard InChI is InChI=1S/C17H18BrCl2N/c1-3-21-16(14-6-4-5-11(2)17(14)20)9-12-7-8-13(18)10-15(12)19/h4-8,10,16,21H,3,9H2,1-2H3. The molecule has 0 aliphatic carbocycles. The van der Waals surface area contributed by atoms with E-state index in [0.29, 0.717) is 0 Å². The van der Waals surface area contributed by atoms with Crippen molar-refractivity contribution in [2.24, 2.45) is 0 Å².